The van der Waals surface area contributed by atoms with Crippen molar-refractivity contribution in [2.24, 2.45) is 7.05 Å². The lowest BCUT2D eigenvalue weighted by Crippen LogP contribution is -2.37. The highest BCUT2D eigenvalue weighted by molar-refractivity contribution is 5.94. The summed E-state index contributed by atoms with van der Waals surface area (Å²) in [5.41, 5.74) is 1.29. The third-order valence-corrected chi connectivity index (χ3v) is 2.77. The molecule has 0 saturated heterocycles. The van der Waals surface area contributed by atoms with Gasteiger partial charge in [0.05, 0.1) is 12.3 Å². The van der Waals surface area contributed by atoms with E-state index in [2.05, 4.69) is 11.7 Å². The van der Waals surface area contributed by atoms with Crippen molar-refractivity contribution in [3.8, 4) is 0 Å². The first-order valence-corrected chi connectivity index (χ1v) is 6.62. The van der Waals surface area contributed by atoms with Crippen LogP contribution in [0.3, 0.4) is 0 Å². The molecule has 1 heterocycles. The van der Waals surface area contributed by atoms with Crippen LogP contribution in [0, 0.1) is 0 Å². The molecule has 1 amide bonds. The first-order chi connectivity index (χ1) is 9.53. The van der Waals surface area contributed by atoms with Gasteiger partial charge in [-0.25, -0.2) is 0 Å². The van der Waals surface area contributed by atoms with Gasteiger partial charge in [-0.15, -0.1) is 6.58 Å². The molecule has 0 atom stereocenters. The number of carbonyl (C=O) groups is 2. The zero-order valence-electron chi connectivity index (χ0n) is 12.3. The van der Waals surface area contributed by atoms with Crippen molar-refractivity contribution < 1.29 is 14.3 Å². The lowest BCUT2D eigenvalue weighted by atomic mass is 10.2. The first-order valence-electron chi connectivity index (χ1n) is 6.62. The van der Waals surface area contributed by atoms with Crippen molar-refractivity contribution in [2.75, 3.05) is 19.7 Å². The van der Waals surface area contributed by atoms with Gasteiger partial charge in [-0.05, 0) is 19.4 Å². The molecule has 0 N–H and O–H groups in total. The summed E-state index contributed by atoms with van der Waals surface area (Å²) in [5, 5.41) is 4.24. The molecule has 0 saturated carbocycles. The van der Waals surface area contributed by atoms with E-state index in [0.717, 1.165) is 12.1 Å². The molecule has 6 nitrogen and oxygen atoms in total. The predicted molar refractivity (Wildman–Crippen MR) is 75.3 cm³/mol. The molecule has 0 aliphatic carbocycles. The van der Waals surface area contributed by atoms with Gasteiger partial charge in [-0.1, -0.05) is 13.0 Å². The van der Waals surface area contributed by atoms with Gasteiger partial charge in [0, 0.05) is 13.6 Å². The molecule has 1 aromatic rings. The maximum Gasteiger partial charge on any atom is 0.325 e. The lowest BCUT2D eigenvalue weighted by Gasteiger charge is -2.19. The minimum absolute atomic E-state index is 0.0919. The summed E-state index contributed by atoms with van der Waals surface area (Å²) >= 11 is 0. The number of hydrogen-bond acceptors (Lipinski definition) is 4. The van der Waals surface area contributed by atoms with Crippen LogP contribution in [0.15, 0.2) is 18.7 Å². The Morgan fingerprint density at radius 3 is 2.70 bits per heavy atom. The summed E-state index contributed by atoms with van der Waals surface area (Å²) in [7, 11) is 1.71. The number of hydrogen-bond donors (Lipinski definition) is 0. The minimum Gasteiger partial charge on any atom is -0.465 e. The quantitative estimate of drug-likeness (QED) is 0.555. The van der Waals surface area contributed by atoms with Crippen LogP contribution in [0.4, 0.5) is 0 Å². The summed E-state index contributed by atoms with van der Waals surface area (Å²) in [4.78, 5) is 25.4. The van der Waals surface area contributed by atoms with E-state index in [1.54, 1.807) is 26.1 Å². The van der Waals surface area contributed by atoms with Gasteiger partial charge >= 0.3 is 5.97 Å². The first kappa shape index (κ1) is 15.9. The molecule has 0 fully saturated rings. The topological polar surface area (TPSA) is 64.4 Å². The largest absolute Gasteiger partial charge is 0.465 e. The Hall–Kier alpha value is -2.11. The number of esters is 1. The lowest BCUT2D eigenvalue weighted by molar-refractivity contribution is -0.143. The monoisotopic (exact) mass is 279 g/mol. The maximum atomic E-state index is 12.4. The molecule has 110 valence electrons. The average Bonchev–Trinajstić information content (AvgIpc) is 2.79. The van der Waals surface area contributed by atoms with Crippen LogP contribution in [-0.4, -0.2) is 46.3 Å². The van der Waals surface area contributed by atoms with Crippen LogP contribution in [0.2, 0.25) is 0 Å². The zero-order valence-corrected chi connectivity index (χ0v) is 12.3. The van der Waals surface area contributed by atoms with Crippen LogP contribution in [0.5, 0.6) is 0 Å². The van der Waals surface area contributed by atoms with Crippen molar-refractivity contribution in [2.45, 2.75) is 20.3 Å². The van der Waals surface area contributed by atoms with Gasteiger partial charge in [-0.3, -0.25) is 14.3 Å². The van der Waals surface area contributed by atoms with Crippen LogP contribution >= 0.6 is 0 Å². The predicted octanol–water partition coefficient (Wildman–Crippen LogP) is 1.17. The van der Waals surface area contributed by atoms with Gasteiger partial charge in [0.25, 0.3) is 5.91 Å². The van der Waals surface area contributed by atoms with Crippen molar-refractivity contribution in [3.63, 3.8) is 0 Å². The average molecular weight is 279 g/mol. The van der Waals surface area contributed by atoms with Gasteiger partial charge in [-0.2, -0.15) is 5.10 Å². The van der Waals surface area contributed by atoms with E-state index in [4.69, 9.17) is 4.74 Å². The van der Waals surface area contributed by atoms with Crippen LogP contribution in [0.25, 0.3) is 0 Å². The molecule has 0 bridgehead atoms. The molecule has 1 rings (SSSR count). The zero-order chi connectivity index (χ0) is 15.1. The smallest absolute Gasteiger partial charge is 0.325 e. The maximum absolute atomic E-state index is 12.4. The number of aryl methyl sites for hydroxylation is 2. The fraction of sp³-hybridized carbons (Fsp3) is 0.500. The molecule has 0 aliphatic heterocycles. The van der Waals surface area contributed by atoms with Crippen LogP contribution in [0.1, 0.15) is 30.0 Å². The highest BCUT2D eigenvalue weighted by Gasteiger charge is 2.21. The van der Waals surface area contributed by atoms with Crippen molar-refractivity contribution in [1.82, 2.24) is 14.7 Å². The Morgan fingerprint density at radius 2 is 2.20 bits per heavy atom. The second-order valence-corrected chi connectivity index (χ2v) is 4.28. The Morgan fingerprint density at radius 1 is 1.50 bits per heavy atom. The molecule has 0 spiro atoms. The van der Waals surface area contributed by atoms with E-state index in [1.807, 2.05) is 6.92 Å². The SMILES string of the molecule is C=CCN(CC(=O)OCC)C(=O)c1cc(CC)nn1C. The van der Waals surface area contributed by atoms with Gasteiger partial charge in [0.2, 0.25) is 0 Å². The molecule has 0 unspecified atom stereocenters. The standard InChI is InChI=1S/C14H21N3O3/c1-5-8-17(10-13(18)20-7-3)14(19)12-9-11(6-2)15-16(12)4/h5,9H,1,6-8,10H2,2-4H3. The summed E-state index contributed by atoms with van der Waals surface area (Å²) in [6.45, 7) is 7.78. The van der Waals surface area contributed by atoms with Crippen LogP contribution in [-0.2, 0) is 23.0 Å². The summed E-state index contributed by atoms with van der Waals surface area (Å²) < 4.78 is 6.40. The van der Waals surface area contributed by atoms with Crippen LogP contribution < -0.4 is 0 Å². The number of ether oxygens (including phenoxy) is 1. The van der Waals surface area contributed by atoms with Crippen molar-refractivity contribution >= 4 is 11.9 Å². The van der Waals surface area contributed by atoms with Gasteiger partial charge < -0.3 is 9.64 Å². The van der Waals surface area contributed by atoms with Gasteiger partial charge in [0.1, 0.15) is 12.2 Å². The minimum atomic E-state index is -0.430. The highest BCUT2D eigenvalue weighted by Crippen LogP contribution is 2.08. The molecule has 0 radical (unpaired) electrons. The molecule has 0 aliphatic rings. The number of aromatic nitrogens is 2. The second-order valence-electron chi connectivity index (χ2n) is 4.28. The number of carbonyl (C=O) groups excluding carboxylic acids is 2. The Kier molecular flexibility index (Phi) is 5.96. The van der Waals surface area contributed by atoms with E-state index in [-0.39, 0.29) is 19.0 Å². The van der Waals surface area contributed by atoms with E-state index in [9.17, 15) is 9.59 Å². The summed E-state index contributed by atoms with van der Waals surface area (Å²) in [6.07, 6.45) is 2.33. The Labute approximate surface area is 119 Å². The molecule has 1 aromatic heterocycles. The number of rotatable bonds is 7. The molecule has 20 heavy (non-hydrogen) atoms. The molecule has 0 aromatic carbocycles. The van der Waals surface area contributed by atoms with E-state index in [1.165, 1.54) is 9.58 Å². The summed E-state index contributed by atoms with van der Waals surface area (Å²) in [6, 6.07) is 1.74. The number of amides is 1. The molecular weight excluding hydrogens is 258 g/mol. The number of nitrogens with zero attached hydrogens (tertiary/aromatic N) is 3. The fourth-order valence-electron chi connectivity index (χ4n) is 1.80. The fourth-order valence-corrected chi connectivity index (χ4v) is 1.80. The normalized spacial score (nSPS) is 10.2. The van der Waals surface area contributed by atoms with Crippen molar-refractivity contribution in [1.29, 1.82) is 0 Å². The second kappa shape index (κ2) is 7.47. The van der Waals surface area contributed by atoms with E-state index >= 15 is 0 Å². The summed E-state index contributed by atoms with van der Waals surface area (Å²) in [5.74, 6) is -0.687. The van der Waals surface area contributed by atoms with E-state index in [0.29, 0.717) is 12.3 Å². The Balaban J connectivity index is 2.89. The van der Waals surface area contributed by atoms with Crippen molar-refractivity contribution in [3.05, 3.63) is 30.1 Å². The van der Waals surface area contributed by atoms with Gasteiger partial charge in [0.15, 0.2) is 0 Å². The van der Waals surface area contributed by atoms with E-state index < -0.39 is 5.97 Å². The molecular formula is C14H21N3O3. The molecule has 6 heteroatoms. The third kappa shape index (κ3) is 3.94. The highest BCUT2D eigenvalue weighted by atomic mass is 16.5. The third-order valence-electron chi connectivity index (χ3n) is 2.77. The Bertz CT molecular complexity index is 494.